The van der Waals surface area contributed by atoms with Gasteiger partial charge in [-0.15, -0.1) is 0 Å². The number of rotatable bonds is 7. The molecule has 1 aliphatic rings. The molecule has 1 fully saturated rings. The second-order valence-electron chi connectivity index (χ2n) is 5.29. The highest BCUT2D eigenvalue weighted by Crippen LogP contribution is 2.28. The molecule has 2 atom stereocenters. The maximum Gasteiger partial charge on any atom is 0.306 e. The molecular formula is C15H26O3. The fourth-order valence-electron chi connectivity index (χ4n) is 2.51. The molecule has 104 valence electrons. The Labute approximate surface area is 111 Å². The smallest absolute Gasteiger partial charge is 0.306 e. The van der Waals surface area contributed by atoms with Gasteiger partial charge in [-0.3, -0.25) is 4.79 Å². The van der Waals surface area contributed by atoms with Crippen LogP contribution in [0.1, 0.15) is 52.4 Å². The van der Waals surface area contributed by atoms with Crippen LogP contribution in [0.15, 0.2) is 12.3 Å². The summed E-state index contributed by atoms with van der Waals surface area (Å²) in [4.78, 5) is 11.6. The topological polar surface area (TPSA) is 35.5 Å². The highest BCUT2D eigenvalue weighted by molar-refractivity contribution is 5.69. The van der Waals surface area contributed by atoms with Crippen LogP contribution >= 0.6 is 0 Å². The maximum absolute atomic E-state index is 11.6. The van der Waals surface area contributed by atoms with Crippen molar-refractivity contribution in [2.45, 2.75) is 52.4 Å². The molecule has 0 N–H and O–H groups in total. The zero-order valence-corrected chi connectivity index (χ0v) is 11.7. The van der Waals surface area contributed by atoms with Crippen LogP contribution in [0.5, 0.6) is 0 Å². The van der Waals surface area contributed by atoms with Crippen molar-refractivity contribution in [1.29, 1.82) is 0 Å². The van der Waals surface area contributed by atoms with Crippen LogP contribution in [-0.4, -0.2) is 19.2 Å². The molecule has 0 aromatic rings. The van der Waals surface area contributed by atoms with Crippen LogP contribution in [0, 0.1) is 11.8 Å². The second-order valence-corrected chi connectivity index (χ2v) is 5.29. The van der Waals surface area contributed by atoms with E-state index >= 15 is 0 Å². The Balaban J connectivity index is 2.11. The lowest BCUT2D eigenvalue weighted by Gasteiger charge is -2.26. The van der Waals surface area contributed by atoms with Crippen LogP contribution in [0.3, 0.4) is 0 Å². The second kappa shape index (κ2) is 8.17. The van der Waals surface area contributed by atoms with E-state index in [4.69, 9.17) is 9.47 Å². The summed E-state index contributed by atoms with van der Waals surface area (Å²) in [7, 11) is 0. The first-order chi connectivity index (χ1) is 8.61. The van der Waals surface area contributed by atoms with Gasteiger partial charge in [0.15, 0.2) is 0 Å². The van der Waals surface area contributed by atoms with E-state index in [1.54, 1.807) is 0 Å². The molecule has 0 radical (unpaired) electrons. The highest BCUT2D eigenvalue weighted by atomic mass is 16.5. The van der Waals surface area contributed by atoms with Crippen molar-refractivity contribution in [1.82, 2.24) is 0 Å². The molecule has 0 aromatic carbocycles. The first-order valence-corrected chi connectivity index (χ1v) is 7.08. The quantitative estimate of drug-likeness (QED) is 0.513. The third-order valence-electron chi connectivity index (χ3n) is 3.48. The number of ether oxygens (including phenoxy) is 2. The molecular weight excluding hydrogens is 228 g/mol. The van der Waals surface area contributed by atoms with Crippen molar-refractivity contribution in [3.05, 3.63) is 12.3 Å². The first kappa shape index (κ1) is 15.1. The van der Waals surface area contributed by atoms with Crippen LogP contribution in [-0.2, 0) is 14.3 Å². The fraction of sp³-hybridized carbons (Fsp3) is 0.800. The van der Waals surface area contributed by atoms with E-state index in [0.29, 0.717) is 37.7 Å². The standard InChI is InChI=1S/C15H26O3/c1-4-17-13(3)8-9-15(16)18-11-14-7-5-6-12(2)10-14/h12,14H,3-11H2,1-2H3. The Morgan fingerprint density at radius 2 is 2.06 bits per heavy atom. The van der Waals surface area contributed by atoms with Gasteiger partial charge in [0.05, 0.1) is 25.4 Å². The van der Waals surface area contributed by atoms with Gasteiger partial charge >= 0.3 is 5.97 Å². The molecule has 0 aliphatic heterocycles. The molecule has 2 unspecified atom stereocenters. The zero-order chi connectivity index (χ0) is 13.4. The van der Waals surface area contributed by atoms with Gasteiger partial charge in [-0.1, -0.05) is 26.3 Å². The molecule has 0 bridgehead atoms. The molecule has 1 saturated carbocycles. The van der Waals surface area contributed by atoms with E-state index in [1.165, 1.54) is 25.7 Å². The summed E-state index contributed by atoms with van der Waals surface area (Å²) in [6, 6.07) is 0. The number of carbonyl (C=O) groups excluding carboxylic acids is 1. The van der Waals surface area contributed by atoms with Crippen molar-refractivity contribution in [2.24, 2.45) is 11.8 Å². The van der Waals surface area contributed by atoms with E-state index in [-0.39, 0.29) is 5.97 Å². The van der Waals surface area contributed by atoms with Crippen LogP contribution in [0.25, 0.3) is 0 Å². The average Bonchev–Trinajstić information content (AvgIpc) is 2.34. The Bertz CT molecular complexity index is 273. The minimum atomic E-state index is -0.130. The van der Waals surface area contributed by atoms with Gasteiger partial charge in [-0.2, -0.15) is 0 Å². The zero-order valence-electron chi connectivity index (χ0n) is 11.7. The predicted molar refractivity (Wildman–Crippen MR) is 72.1 cm³/mol. The number of carbonyl (C=O) groups is 1. The van der Waals surface area contributed by atoms with Gasteiger partial charge < -0.3 is 9.47 Å². The van der Waals surface area contributed by atoms with E-state index in [2.05, 4.69) is 13.5 Å². The Morgan fingerprint density at radius 1 is 1.28 bits per heavy atom. The summed E-state index contributed by atoms with van der Waals surface area (Å²) in [6.45, 7) is 9.13. The molecule has 1 aliphatic carbocycles. The van der Waals surface area contributed by atoms with Crippen molar-refractivity contribution in [3.8, 4) is 0 Å². The lowest BCUT2D eigenvalue weighted by atomic mass is 9.83. The van der Waals surface area contributed by atoms with Crippen LogP contribution in [0.2, 0.25) is 0 Å². The van der Waals surface area contributed by atoms with Crippen LogP contribution < -0.4 is 0 Å². The predicted octanol–water partition coefficient (Wildman–Crippen LogP) is 3.69. The van der Waals surface area contributed by atoms with Gasteiger partial charge in [0, 0.05) is 6.42 Å². The monoisotopic (exact) mass is 254 g/mol. The van der Waals surface area contributed by atoms with E-state index < -0.39 is 0 Å². The third-order valence-corrected chi connectivity index (χ3v) is 3.48. The third kappa shape index (κ3) is 6.08. The average molecular weight is 254 g/mol. The number of allylic oxidation sites excluding steroid dienone is 1. The fourth-order valence-corrected chi connectivity index (χ4v) is 2.51. The lowest BCUT2D eigenvalue weighted by molar-refractivity contribution is -0.145. The van der Waals surface area contributed by atoms with Crippen molar-refractivity contribution in [3.63, 3.8) is 0 Å². The highest BCUT2D eigenvalue weighted by Gasteiger charge is 2.20. The number of esters is 1. The van der Waals surface area contributed by atoms with Gasteiger partial charge in [0.1, 0.15) is 0 Å². The Kier molecular flexibility index (Phi) is 6.84. The number of hydrogen-bond donors (Lipinski definition) is 0. The summed E-state index contributed by atoms with van der Waals surface area (Å²) in [5.41, 5.74) is 0. The van der Waals surface area contributed by atoms with Gasteiger partial charge in [0.25, 0.3) is 0 Å². The molecule has 0 heterocycles. The normalized spacial score (nSPS) is 23.4. The summed E-state index contributed by atoms with van der Waals surface area (Å²) >= 11 is 0. The largest absolute Gasteiger partial charge is 0.499 e. The summed E-state index contributed by atoms with van der Waals surface area (Å²) in [5, 5.41) is 0. The van der Waals surface area contributed by atoms with Gasteiger partial charge in [0.2, 0.25) is 0 Å². The summed E-state index contributed by atoms with van der Waals surface area (Å²) in [6.07, 6.45) is 5.92. The van der Waals surface area contributed by atoms with Crippen molar-refractivity contribution in [2.75, 3.05) is 13.2 Å². The molecule has 0 amide bonds. The minimum absolute atomic E-state index is 0.130. The summed E-state index contributed by atoms with van der Waals surface area (Å²) < 4.78 is 10.5. The number of hydrogen-bond acceptors (Lipinski definition) is 3. The van der Waals surface area contributed by atoms with Gasteiger partial charge in [-0.05, 0) is 31.6 Å². The van der Waals surface area contributed by atoms with E-state index in [0.717, 1.165) is 5.92 Å². The minimum Gasteiger partial charge on any atom is -0.499 e. The van der Waals surface area contributed by atoms with E-state index in [1.807, 2.05) is 6.92 Å². The van der Waals surface area contributed by atoms with Gasteiger partial charge in [-0.25, -0.2) is 0 Å². The lowest BCUT2D eigenvalue weighted by Crippen LogP contribution is -2.20. The summed E-state index contributed by atoms with van der Waals surface area (Å²) in [5.74, 6) is 1.88. The van der Waals surface area contributed by atoms with Crippen molar-refractivity contribution < 1.29 is 14.3 Å². The molecule has 18 heavy (non-hydrogen) atoms. The SMILES string of the molecule is C=C(CCC(=O)OCC1CCCC(C)C1)OCC. The first-order valence-electron chi connectivity index (χ1n) is 7.08. The molecule has 3 nitrogen and oxygen atoms in total. The van der Waals surface area contributed by atoms with Crippen molar-refractivity contribution >= 4 is 5.97 Å². The molecule has 0 spiro atoms. The molecule has 0 saturated heterocycles. The molecule has 3 heteroatoms. The molecule has 1 rings (SSSR count). The van der Waals surface area contributed by atoms with E-state index in [9.17, 15) is 4.79 Å². The maximum atomic E-state index is 11.6. The van der Waals surface area contributed by atoms with Crippen LogP contribution in [0.4, 0.5) is 0 Å². The Hall–Kier alpha value is -0.990. The molecule has 0 aromatic heterocycles. The Morgan fingerprint density at radius 3 is 2.72 bits per heavy atom.